The second-order valence-electron chi connectivity index (χ2n) is 11.7. The molecular formula is C29H40O3. The highest BCUT2D eigenvalue weighted by Crippen LogP contribution is 2.67. The first-order valence-corrected chi connectivity index (χ1v) is 12.7. The number of hydrogen-bond acceptors (Lipinski definition) is 3. The van der Waals surface area contributed by atoms with Gasteiger partial charge < -0.3 is 14.6 Å². The van der Waals surface area contributed by atoms with Gasteiger partial charge in [0.15, 0.2) is 0 Å². The van der Waals surface area contributed by atoms with Gasteiger partial charge in [-0.05, 0) is 117 Å². The van der Waals surface area contributed by atoms with Gasteiger partial charge in [-0.25, -0.2) is 0 Å². The van der Waals surface area contributed by atoms with Crippen molar-refractivity contribution in [1.29, 1.82) is 0 Å². The van der Waals surface area contributed by atoms with Crippen molar-refractivity contribution >= 4 is 0 Å². The fraction of sp³-hybridized carbons (Fsp3) is 0.724. The Hall–Kier alpha value is -1.50. The van der Waals surface area contributed by atoms with Crippen LogP contribution in [0.25, 0.3) is 0 Å². The van der Waals surface area contributed by atoms with E-state index in [1.165, 1.54) is 38.5 Å². The van der Waals surface area contributed by atoms with Crippen LogP contribution in [0.5, 0.6) is 5.75 Å². The van der Waals surface area contributed by atoms with E-state index in [1.807, 2.05) is 31.4 Å². The Morgan fingerprint density at radius 2 is 1.62 bits per heavy atom. The summed E-state index contributed by atoms with van der Waals surface area (Å²) >= 11 is 0. The molecule has 0 spiro atoms. The molecule has 4 aliphatic rings. The predicted octanol–water partition coefficient (Wildman–Crippen LogP) is 5.84. The quantitative estimate of drug-likeness (QED) is 0.592. The predicted molar refractivity (Wildman–Crippen MR) is 127 cm³/mol. The number of rotatable bonds is 2. The Balaban J connectivity index is 1.32. The van der Waals surface area contributed by atoms with Crippen molar-refractivity contribution in [3.63, 3.8) is 0 Å². The highest BCUT2D eigenvalue weighted by Gasteiger charge is 2.61. The Morgan fingerprint density at radius 1 is 0.875 bits per heavy atom. The third kappa shape index (κ3) is 3.50. The van der Waals surface area contributed by atoms with E-state index in [9.17, 15) is 5.11 Å². The van der Waals surface area contributed by atoms with Crippen molar-refractivity contribution in [2.45, 2.75) is 83.3 Å². The average molecular weight is 437 g/mol. The van der Waals surface area contributed by atoms with Crippen molar-refractivity contribution < 1.29 is 14.6 Å². The first-order valence-electron chi connectivity index (χ1n) is 12.7. The summed E-state index contributed by atoms with van der Waals surface area (Å²) in [5.41, 5.74) is 0.813. The van der Waals surface area contributed by atoms with Crippen LogP contribution in [0.2, 0.25) is 0 Å². The van der Waals surface area contributed by atoms with Crippen LogP contribution in [0.15, 0.2) is 24.3 Å². The van der Waals surface area contributed by atoms with Crippen LogP contribution < -0.4 is 4.74 Å². The molecule has 3 nitrogen and oxygen atoms in total. The molecule has 0 unspecified atom stereocenters. The topological polar surface area (TPSA) is 38.7 Å². The van der Waals surface area contributed by atoms with Crippen LogP contribution >= 0.6 is 0 Å². The molecule has 5 rings (SSSR count). The lowest BCUT2D eigenvalue weighted by molar-refractivity contribution is -0.146. The molecule has 0 radical (unpaired) electrons. The largest absolute Gasteiger partial charge is 0.497 e. The summed E-state index contributed by atoms with van der Waals surface area (Å²) in [5.74, 6) is 10.4. The maximum absolute atomic E-state index is 11.4. The van der Waals surface area contributed by atoms with E-state index in [-0.39, 0.29) is 0 Å². The van der Waals surface area contributed by atoms with Gasteiger partial charge in [0.1, 0.15) is 11.4 Å². The van der Waals surface area contributed by atoms with Gasteiger partial charge in [-0.15, -0.1) is 0 Å². The minimum absolute atomic E-state index is 0.351. The molecule has 0 amide bonds. The zero-order chi connectivity index (χ0) is 22.6. The minimum atomic E-state index is -0.853. The molecule has 1 aromatic carbocycles. The van der Waals surface area contributed by atoms with E-state index in [0.717, 1.165) is 48.3 Å². The van der Waals surface area contributed by atoms with Crippen LogP contribution in [-0.4, -0.2) is 31.0 Å². The van der Waals surface area contributed by atoms with E-state index in [2.05, 4.69) is 25.7 Å². The van der Waals surface area contributed by atoms with Crippen LogP contribution in [-0.2, 0) is 4.74 Å². The van der Waals surface area contributed by atoms with E-state index in [4.69, 9.17) is 9.47 Å². The molecule has 4 fully saturated rings. The number of hydrogen-bond donors (Lipinski definition) is 1. The number of fused-ring (bicyclic) bond motifs is 5. The van der Waals surface area contributed by atoms with Gasteiger partial charge in [-0.3, -0.25) is 0 Å². The second-order valence-corrected chi connectivity index (χ2v) is 11.7. The lowest BCUT2D eigenvalue weighted by Gasteiger charge is -2.61. The van der Waals surface area contributed by atoms with Gasteiger partial charge in [0.05, 0.1) is 13.2 Å². The first kappa shape index (κ1) is 22.3. The summed E-state index contributed by atoms with van der Waals surface area (Å²) in [4.78, 5) is 0. The molecule has 0 heterocycles. The number of aliphatic hydroxyl groups is 1. The van der Waals surface area contributed by atoms with Crippen molar-refractivity contribution in [3.8, 4) is 17.6 Å². The third-order valence-corrected chi connectivity index (χ3v) is 10.5. The summed E-state index contributed by atoms with van der Waals surface area (Å²) in [5, 5.41) is 11.4. The van der Waals surface area contributed by atoms with Gasteiger partial charge in [0.2, 0.25) is 0 Å². The normalized spacial score (nSPS) is 45.1. The molecule has 4 saturated carbocycles. The Labute approximate surface area is 194 Å². The summed E-state index contributed by atoms with van der Waals surface area (Å²) in [6.07, 6.45) is 11.0. The maximum atomic E-state index is 11.4. The highest BCUT2D eigenvalue weighted by molar-refractivity contribution is 5.40. The number of ether oxygens (including phenoxy) is 2. The van der Waals surface area contributed by atoms with E-state index in [0.29, 0.717) is 22.9 Å². The molecule has 4 aliphatic carbocycles. The fourth-order valence-corrected chi connectivity index (χ4v) is 8.56. The van der Waals surface area contributed by atoms with Crippen molar-refractivity contribution in [1.82, 2.24) is 0 Å². The van der Waals surface area contributed by atoms with Crippen LogP contribution in [0.4, 0.5) is 0 Å². The third-order valence-electron chi connectivity index (χ3n) is 10.5. The van der Waals surface area contributed by atoms with Crippen molar-refractivity contribution in [3.05, 3.63) is 29.8 Å². The van der Waals surface area contributed by atoms with Crippen LogP contribution in [0, 0.1) is 46.3 Å². The van der Waals surface area contributed by atoms with Gasteiger partial charge in [0, 0.05) is 12.7 Å². The monoisotopic (exact) mass is 436 g/mol. The van der Waals surface area contributed by atoms with Crippen molar-refractivity contribution in [2.24, 2.45) is 34.5 Å². The summed E-state index contributed by atoms with van der Waals surface area (Å²) in [6.45, 7) is 5.06. The zero-order valence-electron chi connectivity index (χ0n) is 20.3. The lowest BCUT2D eigenvalue weighted by atomic mass is 9.44. The molecule has 1 N–H and O–H groups in total. The molecule has 0 saturated heterocycles. The molecule has 0 aliphatic heterocycles. The molecule has 32 heavy (non-hydrogen) atoms. The Morgan fingerprint density at radius 3 is 2.34 bits per heavy atom. The standard InChI is InChI=1S/C29H40O3/c1-27-17-18-29(30,16-13-20-5-8-22(31-3)9-6-20)19-21(27)7-10-23-24-11-12-26(32-4)28(24,2)15-14-25(23)27/h5-6,8-9,21,23-26,30H,7,10-12,14-15,17-19H2,1-4H3/t21-,23+,24+,25+,26+,27+,28+,29-/m1/s1. The van der Waals surface area contributed by atoms with Crippen LogP contribution in [0.3, 0.4) is 0 Å². The SMILES string of the molecule is COc1ccc(C#C[C@@]2(O)CC[C@@]3(C)[C@H](CC[C@@H]4[C@@H]3CC[C@]3(C)[C@@H](OC)CC[C@@H]43)C2)cc1. The highest BCUT2D eigenvalue weighted by atomic mass is 16.5. The number of methoxy groups -OCH3 is 2. The fourth-order valence-electron chi connectivity index (χ4n) is 8.56. The van der Waals surface area contributed by atoms with Gasteiger partial charge in [-0.2, -0.15) is 0 Å². The molecule has 8 atom stereocenters. The summed E-state index contributed by atoms with van der Waals surface area (Å²) in [6, 6.07) is 7.81. The molecule has 0 aromatic heterocycles. The van der Waals surface area contributed by atoms with E-state index in [1.54, 1.807) is 7.11 Å². The molecular weight excluding hydrogens is 396 g/mol. The van der Waals surface area contributed by atoms with E-state index >= 15 is 0 Å². The first-order chi connectivity index (χ1) is 15.3. The number of benzene rings is 1. The summed E-state index contributed by atoms with van der Waals surface area (Å²) < 4.78 is 11.2. The molecule has 1 aromatic rings. The molecule has 0 bridgehead atoms. The van der Waals surface area contributed by atoms with Gasteiger partial charge in [-0.1, -0.05) is 25.7 Å². The molecule has 3 heteroatoms. The van der Waals surface area contributed by atoms with Crippen LogP contribution in [0.1, 0.15) is 77.2 Å². The minimum Gasteiger partial charge on any atom is -0.497 e. The smallest absolute Gasteiger partial charge is 0.126 e. The average Bonchev–Trinajstić information content (AvgIpc) is 3.15. The molecule has 174 valence electrons. The van der Waals surface area contributed by atoms with Gasteiger partial charge in [0.25, 0.3) is 0 Å². The Bertz CT molecular complexity index is 897. The van der Waals surface area contributed by atoms with E-state index < -0.39 is 5.60 Å². The lowest BCUT2D eigenvalue weighted by Crippen LogP contribution is -2.56. The summed E-state index contributed by atoms with van der Waals surface area (Å²) in [7, 11) is 3.59. The maximum Gasteiger partial charge on any atom is 0.126 e. The second kappa shape index (κ2) is 8.07. The van der Waals surface area contributed by atoms with Crippen molar-refractivity contribution in [2.75, 3.05) is 14.2 Å². The Kier molecular flexibility index (Phi) is 5.62. The zero-order valence-corrected chi connectivity index (χ0v) is 20.3. The van der Waals surface area contributed by atoms with Gasteiger partial charge >= 0.3 is 0 Å².